The van der Waals surface area contributed by atoms with Crippen LogP contribution < -0.4 is 5.32 Å². The molecule has 12 heteroatoms. The molecule has 0 fully saturated rings. The highest BCUT2D eigenvalue weighted by atomic mass is 35.5. The van der Waals surface area contributed by atoms with Crippen LogP contribution in [-0.2, 0) is 9.53 Å². The zero-order valence-corrected chi connectivity index (χ0v) is 19.9. The zero-order valence-electron chi connectivity index (χ0n) is 17.6. The molecule has 0 aliphatic carbocycles. The summed E-state index contributed by atoms with van der Waals surface area (Å²) in [7, 11) is 0. The Morgan fingerprint density at radius 2 is 2.03 bits per heavy atom. The first-order chi connectivity index (χ1) is 16.0. The maximum atomic E-state index is 14.4. The number of hydrogen-bond donors (Lipinski definition) is 2. The van der Waals surface area contributed by atoms with Gasteiger partial charge in [0, 0.05) is 10.9 Å². The number of rotatable bonds is 7. The van der Waals surface area contributed by atoms with E-state index >= 15 is 0 Å². The molecule has 1 aromatic carbocycles. The number of halogens is 4. The van der Waals surface area contributed by atoms with E-state index in [-0.39, 0.29) is 27.6 Å². The van der Waals surface area contributed by atoms with Crippen molar-refractivity contribution in [1.29, 1.82) is 5.26 Å². The molecule has 0 amide bonds. The summed E-state index contributed by atoms with van der Waals surface area (Å²) < 4.78 is 48.0. The highest BCUT2D eigenvalue weighted by Gasteiger charge is 2.66. The number of Topliss-reactive ketones (excluding diaryl/α,β-unsaturated/α-hetero) is 1. The van der Waals surface area contributed by atoms with E-state index in [1.807, 2.05) is 11.4 Å². The molecule has 1 aromatic heterocycles. The molecule has 0 saturated heterocycles. The fourth-order valence-corrected chi connectivity index (χ4v) is 5.52. The molecule has 3 atom stereocenters. The van der Waals surface area contributed by atoms with Crippen LogP contribution in [0.3, 0.4) is 0 Å². The predicted molar refractivity (Wildman–Crippen MR) is 122 cm³/mol. The van der Waals surface area contributed by atoms with Gasteiger partial charge in [-0.3, -0.25) is 9.59 Å². The second kappa shape index (κ2) is 10.4. The number of carbonyl (C=O) groups excluding carboxylic acids is 2. The van der Waals surface area contributed by atoms with Crippen molar-refractivity contribution in [3.63, 3.8) is 0 Å². The van der Waals surface area contributed by atoms with Gasteiger partial charge in [0.05, 0.1) is 39.8 Å². The van der Waals surface area contributed by atoms with Gasteiger partial charge < -0.3 is 15.2 Å². The van der Waals surface area contributed by atoms with Gasteiger partial charge in [-0.05, 0) is 30.0 Å². The molecule has 0 saturated carbocycles. The molecule has 1 aliphatic rings. The number of aliphatic hydroxyl groups is 1. The molecule has 34 heavy (non-hydrogen) atoms. The largest absolute Gasteiger partial charge is 0.465 e. The lowest BCUT2D eigenvalue weighted by atomic mass is 9.70. The quantitative estimate of drug-likeness (QED) is 0.389. The van der Waals surface area contributed by atoms with E-state index < -0.39 is 46.3 Å². The molecule has 1 aliphatic heterocycles. The van der Waals surface area contributed by atoms with Gasteiger partial charge in [0.1, 0.15) is 0 Å². The number of ketones is 1. The number of benzene rings is 1. The van der Waals surface area contributed by atoms with Gasteiger partial charge in [-0.25, -0.2) is 0 Å². The van der Waals surface area contributed by atoms with Crippen molar-refractivity contribution in [2.45, 2.75) is 24.7 Å². The topological polar surface area (TPSA) is 99.4 Å². The molecule has 0 radical (unpaired) electrons. The molecule has 2 N–H and O–H groups in total. The minimum atomic E-state index is -5.33. The first kappa shape index (κ1) is 26.1. The van der Waals surface area contributed by atoms with E-state index in [4.69, 9.17) is 16.3 Å². The fourth-order valence-electron chi connectivity index (χ4n) is 3.66. The third-order valence-corrected chi connectivity index (χ3v) is 7.34. The SMILES string of the molecule is CCOC(=O)CSC1=C(C#N)[C@H](c2ccccc2Cl)[C@@H](C(=O)c2cccs2)[C@@](O)(C(F)(F)F)N1. The Morgan fingerprint density at radius 3 is 2.59 bits per heavy atom. The average molecular weight is 531 g/mol. The highest BCUT2D eigenvalue weighted by molar-refractivity contribution is 8.03. The van der Waals surface area contributed by atoms with Gasteiger partial charge in [0.15, 0.2) is 5.78 Å². The van der Waals surface area contributed by atoms with Gasteiger partial charge in [-0.15, -0.1) is 11.3 Å². The number of carbonyl (C=O) groups is 2. The number of nitrogens with zero attached hydrogens (tertiary/aromatic N) is 1. The van der Waals surface area contributed by atoms with Crippen LogP contribution in [-0.4, -0.2) is 41.1 Å². The molecular formula is C22H18ClF3N2O4S2. The van der Waals surface area contributed by atoms with E-state index in [0.29, 0.717) is 11.8 Å². The monoisotopic (exact) mass is 530 g/mol. The first-order valence-electron chi connectivity index (χ1n) is 9.87. The molecule has 2 aromatic rings. The molecule has 0 unspecified atom stereocenters. The van der Waals surface area contributed by atoms with Gasteiger partial charge >= 0.3 is 12.1 Å². The number of thioether (sulfide) groups is 1. The Hall–Kier alpha value is -2.52. The van der Waals surface area contributed by atoms with Crippen LogP contribution in [0.25, 0.3) is 0 Å². The Balaban J connectivity index is 2.26. The first-order valence-corrected chi connectivity index (χ1v) is 12.1. The summed E-state index contributed by atoms with van der Waals surface area (Å²) in [5, 5.41) is 24.1. The van der Waals surface area contributed by atoms with Crippen LogP contribution in [0.15, 0.2) is 52.4 Å². The number of alkyl halides is 3. The van der Waals surface area contributed by atoms with Crippen LogP contribution in [0.5, 0.6) is 0 Å². The second-order valence-electron chi connectivity index (χ2n) is 7.16. The van der Waals surface area contributed by atoms with Crippen molar-refractivity contribution in [2.75, 3.05) is 12.4 Å². The van der Waals surface area contributed by atoms with Crippen LogP contribution in [0.2, 0.25) is 5.02 Å². The number of nitriles is 1. The standard InChI is InChI=1S/C22H18ClF3N2O4S2/c1-2-32-16(29)11-34-20-13(10-27)17(12-6-3-4-7-14(12)23)18(19(30)15-8-5-9-33-15)21(31,28-20)22(24,25)26/h3-9,17-18,28,31H,2,11H2,1H3/t17-,18-,21+/m0/s1. The smallest absolute Gasteiger partial charge is 0.437 e. The van der Waals surface area contributed by atoms with E-state index in [0.717, 1.165) is 11.3 Å². The van der Waals surface area contributed by atoms with E-state index in [2.05, 4.69) is 0 Å². The molecule has 0 spiro atoms. The summed E-state index contributed by atoms with van der Waals surface area (Å²) in [5.41, 5.74) is -3.95. The Bertz CT molecular complexity index is 1150. The summed E-state index contributed by atoms with van der Waals surface area (Å²) in [4.78, 5) is 25.2. The molecule has 0 bridgehead atoms. The summed E-state index contributed by atoms with van der Waals surface area (Å²) in [5.74, 6) is -5.87. The number of nitrogens with one attached hydrogen (secondary N) is 1. The van der Waals surface area contributed by atoms with Crippen LogP contribution in [0.4, 0.5) is 13.2 Å². The lowest BCUT2D eigenvalue weighted by molar-refractivity contribution is -0.285. The summed E-state index contributed by atoms with van der Waals surface area (Å²) in [6, 6.07) is 10.6. The van der Waals surface area contributed by atoms with Crippen molar-refractivity contribution in [1.82, 2.24) is 5.32 Å². The highest BCUT2D eigenvalue weighted by Crippen LogP contribution is 2.52. The predicted octanol–water partition coefficient (Wildman–Crippen LogP) is 4.87. The number of allylic oxidation sites excluding steroid dienone is 1. The number of esters is 1. The van der Waals surface area contributed by atoms with Crippen LogP contribution in [0, 0.1) is 17.2 Å². The molecule has 2 heterocycles. The van der Waals surface area contributed by atoms with Crippen LogP contribution >= 0.6 is 34.7 Å². The van der Waals surface area contributed by atoms with E-state index in [1.165, 1.54) is 35.7 Å². The average Bonchev–Trinajstić information content (AvgIpc) is 3.32. The normalized spacial score (nSPS) is 22.6. The van der Waals surface area contributed by atoms with Crippen molar-refractivity contribution >= 4 is 46.5 Å². The molecular weight excluding hydrogens is 513 g/mol. The van der Waals surface area contributed by atoms with E-state index in [9.17, 15) is 33.1 Å². The van der Waals surface area contributed by atoms with Crippen molar-refractivity contribution in [2.24, 2.45) is 5.92 Å². The van der Waals surface area contributed by atoms with Crippen molar-refractivity contribution < 1.29 is 32.6 Å². The molecule has 3 rings (SSSR count). The maximum Gasteiger partial charge on any atom is 0.437 e. The maximum absolute atomic E-state index is 14.4. The zero-order chi connectivity index (χ0) is 25.1. The van der Waals surface area contributed by atoms with Gasteiger partial charge in [-0.2, -0.15) is 18.4 Å². The van der Waals surface area contributed by atoms with Crippen molar-refractivity contribution in [3.05, 3.63) is 67.8 Å². The third kappa shape index (κ3) is 4.95. The van der Waals surface area contributed by atoms with Gasteiger partial charge in [0.2, 0.25) is 5.72 Å². The summed E-state index contributed by atoms with van der Waals surface area (Å²) >= 11 is 7.78. The number of ether oxygens (including phenoxy) is 1. The lowest BCUT2D eigenvalue weighted by Gasteiger charge is -2.45. The number of hydrogen-bond acceptors (Lipinski definition) is 8. The Morgan fingerprint density at radius 1 is 1.32 bits per heavy atom. The molecule has 180 valence electrons. The summed E-state index contributed by atoms with van der Waals surface area (Å²) in [6.07, 6.45) is -5.33. The van der Waals surface area contributed by atoms with Gasteiger partial charge in [-0.1, -0.05) is 47.6 Å². The minimum absolute atomic E-state index is 0.0189. The Kier molecular flexibility index (Phi) is 7.98. The van der Waals surface area contributed by atoms with Gasteiger partial charge in [0.25, 0.3) is 0 Å². The minimum Gasteiger partial charge on any atom is -0.465 e. The summed E-state index contributed by atoms with van der Waals surface area (Å²) in [6.45, 7) is 1.63. The third-order valence-electron chi connectivity index (χ3n) is 5.12. The van der Waals surface area contributed by atoms with Crippen molar-refractivity contribution in [3.8, 4) is 6.07 Å². The Labute approximate surface area is 206 Å². The number of thiophene rings is 1. The van der Waals surface area contributed by atoms with E-state index in [1.54, 1.807) is 13.0 Å². The second-order valence-corrected chi connectivity index (χ2v) is 9.50. The van der Waals surface area contributed by atoms with Crippen LogP contribution in [0.1, 0.15) is 28.1 Å². The lowest BCUT2D eigenvalue weighted by Crippen LogP contribution is -2.66. The fraction of sp³-hybridized carbons (Fsp3) is 0.318. The molecule has 6 nitrogen and oxygen atoms in total.